The van der Waals surface area contributed by atoms with E-state index in [1.807, 2.05) is 48.5 Å². The highest BCUT2D eigenvalue weighted by Crippen LogP contribution is 2.26. The van der Waals surface area contributed by atoms with Crippen molar-refractivity contribution in [3.8, 4) is 5.75 Å². The van der Waals surface area contributed by atoms with E-state index >= 15 is 0 Å². The molecule has 3 aromatic rings. The Morgan fingerprint density at radius 2 is 1.93 bits per heavy atom. The van der Waals surface area contributed by atoms with Gasteiger partial charge < -0.3 is 14.6 Å². The fraction of sp³-hybridized carbons (Fsp3) is 0.304. The molecule has 1 aliphatic heterocycles. The standard InChI is InChI=1S/C23H24FNO3/c24-19-8-3-7-18(13-19)23-15-25(11-12-27-23)14-20(26)16-28-22-10-4-6-17-5-1-2-9-21(17)22/h1-10,13,20,23,26H,11-12,14-16H2. The fourth-order valence-electron chi connectivity index (χ4n) is 3.64. The van der Waals surface area contributed by atoms with Gasteiger partial charge in [-0.2, -0.15) is 0 Å². The Hall–Kier alpha value is -2.47. The smallest absolute Gasteiger partial charge is 0.127 e. The molecule has 0 amide bonds. The molecule has 146 valence electrons. The number of hydrogen-bond acceptors (Lipinski definition) is 4. The third-order valence-corrected chi connectivity index (χ3v) is 5.02. The van der Waals surface area contributed by atoms with Gasteiger partial charge in [0.15, 0.2) is 0 Å². The minimum Gasteiger partial charge on any atom is -0.490 e. The number of fused-ring (bicyclic) bond motifs is 1. The van der Waals surface area contributed by atoms with Gasteiger partial charge in [0.2, 0.25) is 0 Å². The van der Waals surface area contributed by atoms with Crippen molar-refractivity contribution in [3.63, 3.8) is 0 Å². The minimum absolute atomic E-state index is 0.185. The largest absolute Gasteiger partial charge is 0.490 e. The maximum atomic E-state index is 13.5. The number of aliphatic hydroxyl groups excluding tert-OH is 1. The van der Waals surface area contributed by atoms with Gasteiger partial charge >= 0.3 is 0 Å². The molecule has 1 fully saturated rings. The maximum Gasteiger partial charge on any atom is 0.127 e. The minimum atomic E-state index is -0.620. The molecule has 0 spiro atoms. The molecule has 5 heteroatoms. The Labute approximate surface area is 164 Å². The van der Waals surface area contributed by atoms with Gasteiger partial charge in [0, 0.05) is 25.0 Å². The first kappa shape index (κ1) is 18.9. The van der Waals surface area contributed by atoms with Crippen LogP contribution in [0.25, 0.3) is 10.8 Å². The van der Waals surface area contributed by atoms with E-state index in [1.165, 1.54) is 12.1 Å². The first-order valence-corrected chi connectivity index (χ1v) is 9.57. The van der Waals surface area contributed by atoms with Crippen molar-refractivity contribution >= 4 is 10.8 Å². The van der Waals surface area contributed by atoms with E-state index in [1.54, 1.807) is 6.07 Å². The topological polar surface area (TPSA) is 41.9 Å². The molecule has 2 unspecified atom stereocenters. The molecule has 2 atom stereocenters. The van der Waals surface area contributed by atoms with Crippen molar-refractivity contribution in [2.75, 3.05) is 32.8 Å². The molecular weight excluding hydrogens is 357 g/mol. The van der Waals surface area contributed by atoms with Crippen molar-refractivity contribution in [3.05, 3.63) is 78.1 Å². The van der Waals surface area contributed by atoms with Gasteiger partial charge in [-0.25, -0.2) is 4.39 Å². The quantitative estimate of drug-likeness (QED) is 0.705. The van der Waals surface area contributed by atoms with Crippen LogP contribution in [0.1, 0.15) is 11.7 Å². The van der Waals surface area contributed by atoms with E-state index in [2.05, 4.69) is 4.90 Å². The summed E-state index contributed by atoms with van der Waals surface area (Å²) in [5.74, 6) is 0.513. The second kappa shape index (κ2) is 8.69. The van der Waals surface area contributed by atoms with Gasteiger partial charge in [0.05, 0.1) is 12.7 Å². The Balaban J connectivity index is 1.34. The average molecular weight is 381 g/mol. The first-order chi connectivity index (χ1) is 13.7. The summed E-state index contributed by atoms with van der Waals surface area (Å²) in [5, 5.41) is 12.6. The summed E-state index contributed by atoms with van der Waals surface area (Å²) in [6.07, 6.45) is -0.805. The van der Waals surface area contributed by atoms with E-state index in [9.17, 15) is 9.50 Å². The highest BCUT2D eigenvalue weighted by atomic mass is 19.1. The van der Waals surface area contributed by atoms with Crippen molar-refractivity contribution in [1.29, 1.82) is 0 Å². The Bertz CT molecular complexity index is 927. The summed E-state index contributed by atoms with van der Waals surface area (Å²) in [5.41, 5.74) is 0.825. The summed E-state index contributed by atoms with van der Waals surface area (Å²) in [7, 11) is 0. The molecular formula is C23H24FNO3. The molecule has 0 saturated carbocycles. The lowest BCUT2D eigenvalue weighted by atomic mass is 10.1. The van der Waals surface area contributed by atoms with Gasteiger partial charge in [-0.1, -0.05) is 48.5 Å². The van der Waals surface area contributed by atoms with Gasteiger partial charge in [0.25, 0.3) is 0 Å². The van der Waals surface area contributed by atoms with Crippen LogP contribution in [0.4, 0.5) is 4.39 Å². The highest BCUT2D eigenvalue weighted by molar-refractivity contribution is 5.88. The lowest BCUT2D eigenvalue weighted by Gasteiger charge is -2.34. The third kappa shape index (κ3) is 4.50. The van der Waals surface area contributed by atoms with Crippen molar-refractivity contribution in [2.24, 2.45) is 0 Å². The van der Waals surface area contributed by atoms with Crippen molar-refractivity contribution in [1.82, 2.24) is 4.90 Å². The number of morpholine rings is 1. The zero-order valence-corrected chi connectivity index (χ0v) is 15.6. The number of aliphatic hydroxyl groups is 1. The predicted octanol–water partition coefficient (Wildman–Crippen LogP) is 3.79. The van der Waals surface area contributed by atoms with Crippen LogP contribution in [0.15, 0.2) is 66.7 Å². The average Bonchev–Trinajstić information content (AvgIpc) is 2.72. The SMILES string of the molecule is OC(COc1cccc2ccccc12)CN1CCOC(c2cccc(F)c2)C1. The van der Waals surface area contributed by atoms with Gasteiger partial charge in [-0.3, -0.25) is 4.90 Å². The van der Waals surface area contributed by atoms with Crippen molar-refractivity contribution in [2.45, 2.75) is 12.2 Å². The second-order valence-corrected chi connectivity index (χ2v) is 7.12. The molecule has 4 rings (SSSR count). The molecule has 1 aliphatic rings. The monoisotopic (exact) mass is 381 g/mol. The fourth-order valence-corrected chi connectivity index (χ4v) is 3.64. The number of halogens is 1. The van der Waals surface area contributed by atoms with Crippen LogP contribution in [0.3, 0.4) is 0 Å². The van der Waals surface area contributed by atoms with Crippen LogP contribution in [0, 0.1) is 5.82 Å². The number of ether oxygens (including phenoxy) is 2. The number of benzene rings is 3. The molecule has 3 aromatic carbocycles. The highest BCUT2D eigenvalue weighted by Gasteiger charge is 2.24. The molecule has 0 aromatic heterocycles. The zero-order valence-electron chi connectivity index (χ0n) is 15.6. The maximum absolute atomic E-state index is 13.5. The molecule has 1 heterocycles. The summed E-state index contributed by atoms with van der Waals surface area (Å²) < 4.78 is 25.2. The first-order valence-electron chi connectivity index (χ1n) is 9.57. The lowest BCUT2D eigenvalue weighted by molar-refractivity contribution is -0.0460. The van der Waals surface area contributed by atoms with E-state index in [0.717, 1.165) is 28.6 Å². The summed E-state index contributed by atoms with van der Waals surface area (Å²) in [6, 6.07) is 20.4. The van der Waals surface area contributed by atoms with Gasteiger partial charge in [-0.05, 0) is 29.1 Å². The van der Waals surface area contributed by atoms with E-state index in [0.29, 0.717) is 19.7 Å². The molecule has 1 N–H and O–H groups in total. The molecule has 4 nitrogen and oxygen atoms in total. The summed E-state index contributed by atoms with van der Waals surface area (Å²) in [6.45, 7) is 2.61. The molecule has 1 saturated heterocycles. The number of nitrogens with zero attached hydrogens (tertiary/aromatic N) is 1. The Kier molecular flexibility index (Phi) is 5.86. The van der Waals surface area contributed by atoms with E-state index < -0.39 is 6.10 Å². The molecule has 0 radical (unpaired) electrons. The summed E-state index contributed by atoms with van der Waals surface area (Å²) >= 11 is 0. The predicted molar refractivity (Wildman–Crippen MR) is 107 cm³/mol. The van der Waals surface area contributed by atoms with Crippen LogP contribution in [-0.2, 0) is 4.74 Å². The van der Waals surface area contributed by atoms with Gasteiger partial charge in [-0.15, -0.1) is 0 Å². The number of hydrogen-bond donors (Lipinski definition) is 1. The van der Waals surface area contributed by atoms with Crippen molar-refractivity contribution < 1.29 is 19.0 Å². The number of β-amino-alcohol motifs (C(OH)–C–C–N with tert-alkyl or cyclic N) is 1. The number of rotatable bonds is 6. The Morgan fingerprint density at radius 3 is 2.82 bits per heavy atom. The van der Waals surface area contributed by atoms with Crippen LogP contribution >= 0.6 is 0 Å². The van der Waals surface area contributed by atoms with Crippen LogP contribution < -0.4 is 4.74 Å². The third-order valence-electron chi connectivity index (χ3n) is 5.02. The van der Waals surface area contributed by atoms with E-state index in [4.69, 9.17) is 9.47 Å². The van der Waals surface area contributed by atoms with E-state index in [-0.39, 0.29) is 18.5 Å². The van der Waals surface area contributed by atoms with Crippen LogP contribution in [-0.4, -0.2) is 49.0 Å². The van der Waals surface area contributed by atoms with Crippen LogP contribution in [0.2, 0.25) is 0 Å². The Morgan fingerprint density at radius 1 is 1.11 bits per heavy atom. The van der Waals surface area contributed by atoms with Gasteiger partial charge in [0.1, 0.15) is 24.3 Å². The molecule has 0 aliphatic carbocycles. The summed E-state index contributed by atoms with van der Waals surface area (Å²) in [4.78, 5) is 2.14. The van der Waals surface area contributed by atoms with Crippen LogP contribution in [0.5, 0.6) is 5.75 Å². The normalized spacial score (nSPS) is 18.9. The molecule has 0 bridgehead atoms. The second-order valence-electron chi connectivity index (χ2n) is 7.12. The lowest BCUT2D eigenvalue weighted by Crippen LogP contribution is -2.43. The zero-order chi connectivity index (χ0) is 19.3. The molecule has 28 heavy (non-hydrogen) atoms.